The van der Waals surface area contributed by atoms with Gasteiger partial charge in [-0.2, -0.15) is 0 Å². The maximum Gasteiger partial charge on any atom is 2.00 e. The summed E-state index contributed by atoms with van der Waals surface area (Å²) in [6.07, 6.45) is 7.35. The molecule has 0 saturated heterocycles. The Morgan fingerprint density at radius 2 is 0.778 bits per heavy atom. The number of hydrogen-bond acceptors (Lipinski definition) is 2. The molecular formula is C8H10F12N4P2Ru. The van der Waals surface area contributed by atoms with E-state index in [9.17, 15) is 50.4 Å². The van der Waals surface area contributed by atoms with E-state index in [1.165, 1.54) is 0 Å². The van der Waals surface area contributed by atoms with Gasteiger partial charge >= 0.3 is 85.5 Å². The molecule has 4 nitrogen and oxygen atoms in total. The minimum Gasteiger partial charge on any atom is 2.00 e. The van der Waals surface area contributed by atoms with Gasteiger partial charge in [0.15, 0.2) is 11.6 Å². The number of hydrogen-bond donors (Lipinski definition) is 0. The minimum absolute atomic E-state index is 0. The largest absolute Gasteiger partial charge is 2.00 e. The SMILES string of the molecule is Cn1ccnc1-c1nccn1C.F[P-](F)(F)(F)(F)F.F[P-](F)(F)(F)(F)F.[Ru+2]. The fraction of sp³-hybridized carbons (Fsp3) is 0.250. The van der Waals surface area contributed by atoms with Crippen molar-refractivity contribution in [2.45, 2.75) is 0 Å². The predicted molar refractivity (Wildman–Crippen MR) is 72.5 cm³/mol. The Bertz CT molecular complexity index is 670. The molecule has 0 N–H and O–H groups in total. The molecule has 2 rings (SSSR count). The van der Waals surface area contributed by atoms with Crippen molar-refractivity contribution < 1.29 is 69.8 Å². The van der Waals surface area contributed by atoms with E-state index in [-0.39, 0.29) is 19.5 Å². The fourth-order valence-electron chi connectivity index (χ4n) is 1.16. The van der Waals surface area contributed by atoms with Crippen LogP contribution in [0.1, 0.15) is 0 Å². The van der Waals surface area contributed by atoms with Gasteiger partial charge in [-0.3, -0.25) is 0 Å². The molecule has 19 heteroatoms. The molecule has 2 aromatic heterocycles. The van der Waals surface area contributed by atoms with Crippen LogP contribution in [0, 0.1) is 0 Å². The van der Waals surface area contributed by atoms with Crippen LogP contribution in [0.5, 0.6) is 0 Å². The summed E-state index contributed by atoms with van der Waals surface area (Å²) < 4.78 is 122. The van der Waals surface area contributed by atoms with Crippen molar-refractivity contribution in [1.29, 1.82) is 0 Å². The molecule has 0 fully saturated rings. The maximum absolute atomic E-state index is 10.7. The molecule has 2 aromatic rings. The minimum atomic E-state index is -10.7. The molecule has 0 atom stereocenters. The molecule has 0 spiro atoms. The first-order valence-electron chi connectivity index (χ1n) is 5.77. The summed E-state index contributed by atoms with van der Waals surface area (Å²) in [6.45, 7) is 0. The summed E-state index contributed by atoms with van der Waals surface area (Å²) in [5.41, 5.74) is 0. The van der Waals surface area contributed by atoms with E-state index >= 15 is 0 Å². The quantitative estimate of drug-likeness (QED) is 0.208. The monoisotopic (exact) mass is 554 g/mol. The smallest absolute Gasteiger partial charge is 2.00 e. The van der Waals surface area contributed by atoms with Crippen LogP contribution in [-0.4, -0.2) is 19.1 Å². The zero-order chi connectivity index (χ0) is 21.4. The van der Waals surface area contributed by atoms with E-state index in [2.05, 4.69) is 9.97 Å². The number of rotatable bonds is 1. The molecule has 0 aromatic carbocycles. The summed E-state index contributed by atoms with van der Waals surface area (Å²) in [6, 6.07) is 0. The summed E-state index contributed by atoms with van der Waals surface area (Å²) in [5, 5.41) is 0. The van der Waals surface area contributed by atoms with Gasteiger partial charge in [-0.25, -0.2) is 9.97 Å². The molecular weight excluding hydrogens is 543 g/mol. The molecule has 0 radical (unpaired) electrons. The maximum atomic E-state index is 9.87. The Kier molecular flexibility index (Phi) is 6.86. The standard InChI is InChI=1S/C8H10N4.2F6P.Ru/c1-11-5-3-9-7(11)8-10-4-6-12(8)2;2*1-7(2,3,4,5)6;/h3-6H,1-2H3;;;/q;2*-1;+2. The molecule has 0 aliphatic heterocycles. The van der Waals surface area contributed by atoms with Crippen LogP contribution < -0.4 is 0 Å². The van der Waals surface area contributed by atoms with Crippen molar-refractivity contribution >= 4 is 15.6 Å². The van der Waals surface area contributed by atoms with Gasteiger partial charge in [0.2, 0.25) is 0 Å². The van der Waals surface area contributed by atoms with E-state index in [1.807, 2.05) is 35.6 Å². The molecule has 0 aliphatic carbocycles. The van der Waals surface area contributed by atoms with Crippen LogP contribution in [-0.2, 0) is 33.6 Å². The molecule has 27 heavy (non-hydrogen) atoms. The Morgan fingerprint density at radius 1 is 0.593 bits per heavy atom. The van der Waals surface area contributed by atoms with Crippen LogP contribution in [0.4, 0.5) is 50.4 Å². The summed E-state index contributed by atoms with van der Waals surface area (Å²) in [7, 11) is -17.4. The Labute approximate surface area is 155 Å². The van der Waals surface area contributed by atoms with Crippen LogP contribution in [0.2, 0.25) is 0 Å². The normalized spacial score (nSPS) is 16.7. The Balaban J connectivity index is 0. The van der Waals surface area contributed by atoms with Crippen LogP contribution in [0.25, 0.3) is 11.6 Å². The first-order valence-corrected chi connectivity index (χ1v) is 9.82. The van der Waals surface area contributed by atoms with Gasteiger partial charge in [-0.15, -0.1) is 0 Å². The van der Waals surface area contributed by atoms with Gasteiger partial charge < -0.3 is 9.13 Å². The van der Waals surface area contributed by atoms with Gasteiger partial charge in [0.05, 0.1) is 0 Å². The zero-order valence-electron chi connectivity index (χ0n) is 12.9. The van der Waals surface area contributed by atoms with Crippen molar-refractivity contribution in [3.63, 3.8) is 0 Å². The average molecular weight is 553 g/mol. The number of imidazole rings is 2. The fourth-order valence-corrected chi connectivity index (χ4v) is 1.16. The van der Waals surface area contributed by atoms with Crippen molar-refractivity contribution in [2.75, 3.05) is 0 Å². The van der Waals surface area contributed by atoms with Crippen LogP contribution >= 0.6 is 15.6 Å². The summed E-state index contributed by atoms with van der Waals surface area (Å²) >= 11 is 0. The summed E-state index contributed by atoms with van der Waals surface area (Å²) in [5.74, 6) is 1.78. The van der Waals surface area contributed by atoms with Crippen molar-refractivity contribution in [1.82, 2.24) is 19.1 Å². The molecule has 0 aliphatic rings. The van der Waals surface area contributed by atoms with Gasteiger partial charge in [-0.05, 0) is 0 Å². The van der Waals surface area contributed by atoms with Crippen molar-refractivity contribution in [3.05, 3.63) is 24.8 Å². The molecule has 0 saturated carbocycles. The second kappa shape index (κ2) is 6.55. The van der Waals surface area contributed by atoms with E-state index in [1.54, 1.807) is 12.4 Å². The van der Waals surface area contributed by atoms with E-state index in [0.717, 1.165) is 11.6 Å². The van der Waals surface area contributed by atoms with E-state index in [0.29, 0.717) is 0 Å². The Morgan fingerprint density at radius 3 is 0.889 bits per heavy atom. The third-order valence-corrected chi connectivity index (χ3v) is 1.84. The van der Waals surface area contributed by atoms with Gasteiger partial charge in [0.25, 0.3) is 0 Å². The second-order valence-corrected chi connectivity index (χ2v) is 8.47. The van der Waals surface area contributed by atoms with E-state index < -0.39 is 15.6 Å². The molecule has 2 heterocycles. The summed E-state index contributed by atoms with van der Waals surface area (Å²) in [4.78, 5) is 8.40. The molecule has 0 unspecified atom stereocenters. The predicted octanol–water partition coefficient (Wildman–Crippen LogP) is 7.58. The first kappa shape index (κ1) is 28.3. The van der Waals surface area contributed by atoms with Crippen LogP contribution in [0.3, 0.4) is 0 Å². The van der Waals surface area contributed by atoms with Crippen molar-refractivity contribution in [3.8, 4) is 11.6 Å². The second-order valence-electron chi connectivity index (χ2n) is 4.64. The van der Waals surface area contributed by atoms with Gasteiger partial charge in [0.1, 0.15) is 0 Å². The molecule has 0 bridgehead atoms. The number of aromatic nitrogens is 4. The van der Waals surface area contributed by atoms with E-state index in [4.69, 9.17) is 0 Å². The third-order valence-electron chi connectivity index (χ3n) is 1.84. The molecule has 164 valence electrons. The average Bonchev–Trinajstić information content (AvgIpc) is 2.77. The van der Waals surface area contributed by atoms with Crippen molar-refractivity contribution in [2.24, 2.45) is 14.1 Å². The van der Waals surface area contributed by atoms with Gasteiger partial charge in [0, 0.05) is 38.9 Å². The number of halogens is 12. The zero-order valence-corrected chi connectivity index (χ0v) is 16.4. The Hall–Kier alpha value is -0.937. The topological polar surface area (TPSA) is 35.6 Å². The number of aryl methyl sites for hydroxylation is 2. The third kappa shape index (κ3) is 25.1. The van der Waals surface area contributed by atoms with Gasteiger partial charge in [-0.1, -0.05) is 0 Å². The first-order chi connectivity index (χ1) is 10.7. The molecule has 0 amide bonds. The number of nitrogens with zero attached hydrogens (tertiary/aromatic N) is 4. The van der Waals surface area contributed by atoms with Crippen LogP contribution in [0.15, 0.2) is 24.8 Å².